The lowest BCUT2D eigenvalue weighted by Crippen LogP contribution is -2.41. The van der Waals surface area contributed by atoms with E-state index in [1.165, 1.54) is 0 Å². The standard InChI is InChI=1S/C13H19N3OS2/c14-5-6-15-12(17)10-4-2-1-3-9(10)11(18)13-16-7-8-19-13/h9-11,18H,1-4,6-8H2,(H,15,17)/t9-,10-,11?/m0/s1. The Labute approximate surface area is 123 Å². The van der Waals surface area contributed by atoms with Gasteiger partial charge >= 0.3 is 0 Å². The van der Waals surface area contributed by atoms with Gasteiger partial charge in [-0.25, -0.2) is 0 Å². The molecule has 1 amide bonds. The number of amides is 1. The zero-order chi connectivity index (χ0) is 13.7. The van der Waals surface area contributed by atoms with E-state index in [4.69, 9.17) is 17.9 Å². The molecular weight excluding hydrogens is 278 g/mol. The summed E-state index contributed by atoms with van der Waals surface area (Å²) in [6.07, 6.45) is 4.16. The second kappa shape index (κ2) is 7.20. The largest absolute Gasteiger partial charge is 0.343 e. The third-order valence-electron chi connectivity index (χ3n) is 3.77. The molecule has 0 aromatic rings. The zero-order valence-corrected chi connectivity index (χ0v) is 12.6. The lowest BCUT2D eigenvalue weighted by atomic mass is 9.77. The Morgan fingerprint density at radius 3 is 3.05 bits per heavy atom. The second-order valence-corrected chi connectivity index (χ2v) is 6.62. The minimum absolute atomic E-state index is 0.00824. The summed E-state index contributed by atoms with van der Waals surface area (Å²) in [7, 11) is 0. The van der Waals surface area contributed by atoms with Gasteiger partial charge < -0.3 is 5.32 Å². The molecule has 4 nitrogen and oxygen atoms in total. The van der Waals surface area contributed by atoms with E-state index in [2.05, 4.69) is 10.3 Å². The average molecular weight is 297 g/mol. The molecule has 2 rings (SSSR count). The third kappa shape index (κ3) is 3.67. The van der Waals surface area contributed by atoms with Crippen LogP contribution in [-0.4, -0.2) is 35.0 Å². The van der Waals surface area contributed by atoms with E-state index in [1.807, 2.05) is 6.07 Å². The fourth-order valence-electron chi connectivity index (χ4n) is 2.83. The number of carbonyl (C=O) groups is 1. The number of nitrogens with zero attached hydrogens (tertiary/aromatic N) is 2. The van der Waals surface area contributed by atoms with Gasteiger partial charge in [0.15, 0.2) is 0 Å². The molecule has 1 unspecified atom stereocenters. The fraction of sp³-hybridized carbons (Fsp3) is 0.769. The number of carbonyl (C=O) groups excluding carboxylic acids is 1. The lowest BCUT2D eigenvalue weighted by molar-refractivity contribution is -0.127. The quantitative estimate of drug-likeness (QED) is 0.615. The van der Waals surface area contributed by atoms with Crippen molar-refractivity contribution in [2.75, 3.05) is 18.8 Å². The summed E-state index contributed by atoms with van der Waals surface area (Å²) in [5, 5.41) is 12.4. The summed E-state index contributed by atoms with van der Waals surface area (Å²) < 4.78 is 0. The van der Waals surface area contributed by atoms with E-state index >= 15 is 0 Å². The van der Waals surface area contributed by atoms with Crippen molar-refractivity contribution in [3.05, 3.63) is 0 Å². The summed E-state index contributed by atoms with van der Waals surface area (Å²) in [4.78, 5) is 16.6. The smallest absolute Gasteiger partial charge is 0.224 e. The molecule has 1 saturated carbocycles. The molecule has 19 heavy (non-hydrogen) atoms. The van der Waals surface area contributed by atoms with Crippen LogP contribution in [0, 0.1) is 23.2 Å². The van der Waals surface area contributed by atoms with E-state index < -0.39 is 0 Å². The van der Waals surface area contributed by atoms with Crippen molar-refractivity contribution < 1.29 is 4.79 Å². The van der Waals surface area contributed by atoms with Crippen molar-refractivity contribution in [3.8, 4) is 6.07 Å². The van der Waals surface area contributed by atoms with Crippen molar-refractivity contribution in [2.45, 2.75) is 30.9 Å². The number of hydrogen-bond donors (Lipinski definition) is 2. The molecule has 0 aromatic heterocycles. The molecule has 2 aliphatic rings. The van der Waals surface area contributed by atoms with Gasteiger partial charge in [0.05, 0.1) is 16.4 Å². The SMILES string of the molecule is N#CCNC(=O)[C@H]1CCCC[C@@H]1C(S)C1=NCCS1. The molecule has 1 fully saturated rings. The summed E-state index contributed by atoms with van der Waals surface area (Å²) in [6.45, 7) is 0.962. The number of hydrogen-bond acceptors (Lipinski definition) is 5. The van der Waals surface area contributed by atoms with Crippen LogP contribution in [0.25, 0.3) is 0 Å². The molecule has 0 spiro atoms. The predicted octanol–water partition coefficient (Wildman–Crippen LogP) is 1.88. The van der Waals surface area contributed by atoms with Crippen molar-refractivity contribution in [3.63, 3.8) is 0 Å². The molecular formula is C13H19N3OS2. The lowest BCUT2D eigenvalue weighted by Gasteiger charge is -2.34. The highest BCUT2D eigenvalue weighted by Crippen LogP contribution is 2.37. The van der Waals surface area contributed by atoms with Crippen LogP contribution < -0.4 is 5.32 Å². The molecule has 1 heterocycles. The summed E-state index contributed by atoms with van der Waals surface area (Å²) in [6, 6.07) is 1.96. The van der Waals surface area contributed by atoms with Gasteiger partial charge in [-0.3, -0.25) is 9.79 Å². The number of thiol groups is 1. The Morgan fingerprint density at radius 2 is 2.37 bits per heavy atom. The number of thioether (sulfide) groups is 1. The van der Waals surface area contributed by atoms with Crippen LogP contribution in [0.1, 0.15) is 25.7 Å². The Morgan fingerprint density at radius 1 is 1.58 bits per heavy atom. The van der Waals surface area contributed by atoms with Crippen LogP contribution in [0.5, 0.6) is 0 Å². The Hall–Kier alpha value is -0.670. The Kier molecular flexibility index (Phi) is 5.59. The molecule has 0 saturated heterocycles. The third-order valence-corrected chi connectivity index (χ3v) is 5.63. The van der Waals surface area contributed by atoms with Crippen LogP contribution in [0.4, 0.5) is 0 Å². The topological polar surface area (TPSA) is 65.2 Å². The van der Waals surface area contributed by atoms with Gasteiger partial charge in [-0.1, -0.05) is 12.8 Å². The van der Waals surface area contributed by atoms with E-state index in [0.29, 0.717) is 0 Å². The second-order valence-electron chi connectivity index (χ2n) is 4.94. The maximum atomic E-state index is 12.1. The van der Waals surface area contributed by atoms with Gasteiger partial charge in [0, 0.05) is 18.2 Å². The van der Waals surface area contributed by atoms with Crippen molar-refractivity contribution in [2.24, 2.45) is 16.8 Å². The van der Waals surface area contributed by atoms with Gasteiger partial charge in [0.2, 0.25) is 5.91 Å². The molecule has 1 aliphatic heterocycles. The molecule has 0 bridgehead atoms. The van der Waals surface area contributed by atoms with Crippen molar-refractivity contribution in [1.82, 2.24) is 5.32 Å². The van der Waals surface area contributed by atoms with Crippen LogP contribution in [0.2, 0.25) is 0 Å². The minimum Gasteiger partial charge on any atom is -0.343 e. The van der Waals surface area contributed by atoms with Gasteiger partial charge in [-0.05, 0) is 18.8 Å². The first-order valence-electron chi connectivity index (χ1n) is 6.74. The van der Waals surface area contributed by atoms with Gasteiger partial charge in [-0.15, -0.1) is 11.8 Å². The van der Waals surface area contributed by atoms with Gasteiger partial charge in [0.25, 0.3) is 0 Å². The maximum absolute atomic E-state index is 12.1. The number of aliphatic imine (C=N–C) groups is 1. The highest BCUT2D eigenvalue weighted by molar-refractivity contribution is 8.15. The monoisotopic (exact) mass is 297 g/mol. The van der Waals surface area contributed by atoms with Gasteiger partial charge in [0.1, 0.15) is 6.54 Å². The van der Waals surface area contributed by atoms with E-state index in [-0.39, 0.29) is 29.5 Å². The molecule has 3 atom stereocenters. The predicted molar refractivity (Wildman–Crippen MR) is 81.6 cm³/mol. The molecule has 1 aliphatic carbocycles. The van der Waals surface area contributed by atoms with Crippen LogP contribution in [0.3, 0.4) is 0 Å². The number of nitriles is 1. The van der Waals surface area contributed by atoms with E-state index in [0.717, 1.165) is 43.0 Å². The van der Waals surface area contributed by atoms with Crippen molar-refractivity contribution in [1.29, 1.82) is 5.26 Å². The normalized spacial score (nSPS) is 28.3. The first kappa shape index (κ1) is 14.7. The molecule has 0 aromatic carbocycles. The summed E-state index contributed by atoms with van der Waals surface area (Å²) >= 11 is 6.48. The Bertz CT molecular complexity index is 405. The van der Waals surface area contributed by atoms with Crippen LogP contribution in [0.15, 0.2) is 4.99 Å². The minimum atomic E-state index is -0.0199. The molecule has 6 heteroatoms. The maximum Gasteiger partial charge on any atom is 0.224 e. The molecule has 104 valence electrons. The first-order chi connectivity index (χ1) is 9.24. The molecule has 1 N–H and O–H groups in total. The van der Waals surface area contributed by atoms with Crippen LogP contribution >= 0.6 is 24.4 Å². The highest BCUT2D eigenvalue weighted by atomic mass is 32.2. The van der Waals surface area contributed by atoms with Crippen LogP contribution in [-0.2, 0) is 4.79 Å². The molecule has 0 radical (unpaired) electrons. The summed E-state index contributed by atoms with van der Waals surface area (Å²) in [5.41, 5.74) is 0. The van der Waals surface area contributed by atoms with Crippen molar-refractivity contribution >= 4 is 35.3 Å². The average Bonchev–Trinajstić information content (AvgIpc) is 2.98. The first-order valence-corrected chi connectivity index (χ1v) is 8.24. The number of nitrogens with one attached hydrogen (secondary N) is 1. The highest BCUT2D eigenvalue weighted by Gasteiger charge is 2.37. The zero-order valence-electron chi connectivity index (χ0n) is 10.8. The van der Waals surface area contributed by atoms with E-state index in [1.54, 1.807) is 11.8 Å². The fourth-order valence-corrected chi connectivity index (χ4v) is 4.42. The van der Waals surface area contributed by atoms with E-state index in [9.17, 15) is 4.79 Å². The number of rotatable bonds is 4. The van der Waals surface area contributed by atoms with Gasteiger partial charge in [-0.2, -0.15) is 17.9 Å². The Balaban J connectivity index is 2.02. The summed E-state index contributed by atoms with van der Waals surface area (Å²) in [5.74, 6) is 1.27.